The Bertz CT molecular complexity index is 579. The van der Waals surface area contributed by atoms with Crippen molar-refractivity contribution in [3.8, 4) is 0 Å². The van der Waals surface area contributed by atoms with Crippen LogP contribution in [0, 0.1) is 10.1 Å². The normalized spacial score (nSPS) is 13.9. The van der Waals surface area contributed by atoms with Crippen molar-refractivity contribution in [1.29, 1.82) is 0 Å². The first-order chi connectivity index (χ1) is 10.0. The van der Waals surface area contributed by atoms with E-state index in [0.717, 1.165) is 11.1 Å². The second-order valence-electron chi connectivity index (χ2n) is 5.96. The minimum atomic E-state index is -1.39. The van der Waals surface area contributed by atoms with Crippen molar-refractivity contribution in [3.63, 3.8) is 0 Å². The van der Waals surface area contributed by atoms with Gasteiger partial charge >= 0.3 is 6.09 Å². The molecule has 0 aromatic carbocycles. The molecule has 1 aromatic rings. The lowest BCUT2D eigenvalue weighted by Gasteiger charge is -2.34. The molecule has 1 heterocycles. The number of hydrogen-bond acceptors (Lipinski definition) is 6. The van der Waals surface area contributed by atoms with Gasteiger partial charge in [-0.15, -0.1) is 0 Å². The highest BCUT2D eigenvalue weighted by molar-refractivity contribution is 5.77. The zero-order valence-corrected chi connectivity index (χ0v) is 13.2. The van der Waals surface area contributed by atoms with Crippen molar-refractivity contribution in [3.05, 3.63) is 34.1 Å². The SMILES string of the molecule is CN(C(=O)OC(C)(C)C)C(C)(C=O)c1ccc([N+](=O)[O-])cn1. The van der Waals surface area contributed by atoms with Gasteiger partial charge in [0.2, 0.25) is 0 Å². The van der Waals surface area contributed by atoms with Gasteiger partial charge in [-0.3, -0.25) is 20.0 Å². The molecule has 1 unspecified atom stereocenters. The van der Waals surface area contributed by atoms with E-state index in [1.165, 1.54) is 26.1 Å². The Balaban J connectivity index is 3.12. The summed E-state index contributed by atoms with van der Waals surface area (Å²) in [5, 5.41) is 10.6. The topological polar surface area (TPSA) is 103 Å². The number of amides is 1. The fourth-order valence-electron chi connectivity index (χ4n) is 1.62. The van der Waals surface area contributed by atoms with Crippen molar-refractivity contribution < 1.29 is 19.2 Å². The summed E-state index contributed by atoms with van der Waals surface area (Å²) in [5.74, 6) is 0. The standard InChI is InChI=1S/C14H19N3O5/c1-13(2,3)22-12(19)16(5)14(4,9-18)11-7-6-10(8-15-11)17(20)21/h6-9H,1-5H3. The molecule has 0 aliphatic carbocycles. The molecule has 8 heteroatoms. The highest BCUT2D eigenvalue weighted by Gasteiger charge is 2.38. The van der Waals surface area contributed by atoms with Gasteiger partial charge in [-0.25, -0.2) is 4.79 Å². The number of carbonyl (C=O) groups excluding carboxylic acids is 2. The third-order valence-electron chi connectivity index (χ3n) is 3.07. The monoisotopic (exact) mass is 309 g/mol. The number of hydrogen-bond donors (Lipinski definition) is 0. The second-order valence-corrected chi connectivity index (χ2v) is 5.96. The van der Waals surface area contributed by atoms with Gasteiger partial charge in [0, 0.05) is 13.1 Å². The van der Waals surface area contributed by atoms with Gasteiger partial charge < -0.3 is 9.53 Å². The van der Waals surface area contributed by atoms with Crippen molar-refractivity contribution in [1.82, 2.24) is 9.88 Å². The summed E-state index contributed by atoms with van der Waals surface area (Å²) in [4.78, 5) is 38.7. The Labute approximate surface area is 128 Å². The summed E-state index contributed by atoms with van der Waals surface area (Å²) < 4.78 is 5.22. The van der Waals surface area contributed by atoms with E-state index in [-0.39, 0.29) is 11.4 Å². The molecular formula is C14H19N3O5. The highest BCUT2D eigenvalue weighted by Crippen LogP contribution is 2.26. The first-order valence-electron chi connectivity index (χ1n) is 6.55. The maximum Gasteiger partial charge on any atom is 0.411 e. The van der Waals surface area contributed by atoms with Gasteiger partial charge in [-0.05, 0) is 33.8 Å². The quantitative estimate of drug-likeness (QED) is 0.480. The van der Waals surface area contributed by atoms with Gasteiger partial charge in [-0.1, -0.05) is 0 Å². The molecule has 1 amide bonds. The number of pyridine rings is 1. The van der Waals surface area contributed by atoms with Gasteiger partial charge in [0.15, 0.2) is 6.29 Å². The minimum Gasteiger partial charge on any atom is -0.444 e. The molecule has 120 valence electrons. The van der Waals surface area contributed by atoms with Gasteiger partial charge in [-0.2, -0.15) is 0 Å². The Morgan fingerprint density at radius 2 is 1.95 bits per heavy atom. The fraction of sp³-hybridized carbons (Fsp3) is 0.500. The average Bonchev–Trinajstić information content (AvgIpc) is 2.43. The lowest BCUT2D eigenvalue weighted by molar-refractivity contribution is -0.385. The van der Waals surface area contributed by atoms with Crippen LogP contribution in [0.2, 0.25) is 0 Å². The maximum atomic E-state index is 12.1. The van der Waals surface area contributed by atoms with E-state index in [1.54, 1.807) is 20.8 Å². The van der Waals surface area contributed by atoms with Crippen LogP contribution in [0.1, 0.15) is 33.4 Å². The molecular weight excluding hydrogens is 290 g/mol. The van der Waals surface area contributed by atoms with Crippen LogP contribution in [-0.2, 0) is 15.1 Å². The summed E-state index contributed by atoms with van der Waals surface area (Å²) in [6, 6.07) is 2.57. The van der Waals surface area contributed by atoms with E-state index in [4.69, 9.17) is 4.74 Å². The number of carbonyl (C=O) groups is 2. The molecule has 0 saturated carbocycles. The first kappa shape index (κ1) is 17.5. The maximum absolute atomic E-state index is 12.1. The number of ether oxygens (including phenoxy) is 1. The predicted molar refractivity (Wildman–Crippen MR) is 78.3 cm³/mol. The molecule has 0 N–H and O–H groups in total. The molecule has 1 atom stereocenters. The Morgan fingerprint density at radius 1 is 1.36 bits per heavy atom. The van der Waals surface area contributed by atoms with E-state index < -0.39 is 22.2 Å². The summed E-state index contributed by atoms with van der Waals surface area (Å²) in [7, 11) is 1.41. The van der Waals surface area contributed by atoms with Gasteiger partial charge in [0.25, 0.3) is 5.69 Å². The first-order valence-corrected chi connectivity index (χ1v) is 6.55. The number of nitrogens with zero attached hydrogens (tertiary/aromatic N) is 3. The van der Waals surface area contributed by atoms with Crippen LogP contribution in [0.15, 0.2) is 18.3 Å². The molecule has 0 bridgehead atoms. The lowest BCUT2D eigenvalue weighted by atomic mass is 9.97. The van der Waals surface area contributed by atoms with E-state index in [1.807, 2.05) is 0 Å². The molecule has 0 saturated heterocycles. The minimum absolute atomic E-state index is 0.197. The Kier molecular flexibility index (Phi) is 4.85. The van der Waals surface area contributed by atoms with Crippen molar-refractivity contribution in [2.24, 2.45) is 0 Å². The van der Waals surface area contributed by atoms with Crippen LogP contribution >= 0.6 is 0 Å². The highest BCUT2D eigenvalue weighted by atomic mass is 16.6. The molecule has 8 nitrogen and oxygen atoms in total. The van der Waals surface area contributed by atoms with E-state index in [0.29, 0.717) is 6.29 Å². The number of aldehydes is 1. The summed E-state index contributed by atoms with van der Waals surface area (Å²) in [5.41, 5.74) is -2.09. The molecule has 1 aromatic heterocycles. The van der Waals surface area contributed by atoms with Crippen LogP contribution < -0.4 is 0 Å². The van der Waals surface area contributed by atoms with Crippen LogP contribution in [0.25, 0.3) is 0 Å². The third kappa shape index (κ3) is 3.78. The number of likely N-dealkylation sites (N-methyl/N-ethyl adjacent to an activating group) is 1. The Hall–Kier alpha value is -2.51. The molecule has 0 fully saturated rings. The zero-order valence-electron chi connectivity index (χ0n) is 13.2. The van der Waals surface area contributed by atoms with E-state index >= 15 is 0 Å². The molecule has 22 heavy (non-hydrogen) atoms. The third-order valence-corrected chi connectivity index (χ3v) is 3.07. The molecule has 0 aliphatic rings. The van der Waals surface area contributed by atoms with Crippen molar-refractivity contribution >= 4 is 18.1 Å². The van der Waals surface area contributed by atoms with E-state index in [2.05, 4.69) is 4.98 Å². The van der Waals surface area contributed by atoms with Crippen LogP contribution in [-0.4, -0.2) is 39.8 Å². The number of aromatic nitrogens is 1. The average molecular weight is 309 g/mol. The fourth-order valence-corrected chi connectivity index (χ4v) is 1.62. The van der Waals surface area contributed by atoms with Crippen molar-refractivity contribution in [2.75, 3.05) is 7.05 Å². The Morgan fingerprint density at radius 3 is 2.32 bits per heavy atom. The predicted octanol–water partition coefficient (Wildman–Crippen LogP) is 2.27. The van der Waals surface area contributed by atoms with Crippen LogP contribution in [0.5, 0.6) is 0 Å². The summed E-state index contributed by atoms with van der Waals surface area (Å²) >= 11 is 0. The zero-order chi connectivity index (χ0) is 17.1. The van der Waals surface area contributed by atoms with Crippen LogP contribution in [0.3, 0.4) is 0 Å². The molecule has 0 spiro atoms. The largest absolute Gasteiger partial charge is 0.444 e. The second kappa shape index (κ2) is 6.08. The number of nitro groups is 1. The van der Waals surface area contributed by atoms with Gasteiger partial charge in [0.05, 0.1) is 10.6 Å². The molecule has 1 rings (SSSR count). The van der Waals surface area contributed by atoms with Crippen LogP contribution in [0.4, 0.5) is 10.5 Å². The van der Waals surface area contributed by atoms with E-state index in [9.17, 15) is 19.7 Å². The van der Waals surface area contributed by atoms with Crippen molar-refractivity contribution in [2.45, 2.75) is 38.8 Å². The lowest BCUT2D eigenvalue weighted by Crippen LogP contribution is -2.48. The smallest absolute Gasteiger partial charge is 0.411 e. The van der Waals surface area contributed by atoms with Gasteiger partial charge in [0.1, 0.15) is 17.3 Å². The molecule has 0 radical (unpaired) electrons. The molecule has 0 aliphatic heterocycles. The summed E-state index contributed by atoms with van der Waals surface area (Å²) in [6.07, 6.45) is 0.896. The number of rotatable bonds is 4. The summed E-state index contributed by atoms with van der Waals surface area (Å²) in [6.45, 7) is 6.61.